The third-order valence-electron chi connectivity index (χ3n) is 3.83. The summed E-state index contributed by atoms with van der Waals surface area (Å²) in [6.07, 6.45) is 2.17. The zero-order valence-corrected chi connectivity index (χ0v) is 11.8. The zero-order valence-electron chi connectivity index (χ0n) is 11.8. The summed E-state index contributed by atoms with van der Waals surface area (Å²) in [5.41, 5.74) is 1.72. The number of aromatic hydroxyl groups is 1. The maximum atomic E-state index is 10.1. The van der Waals surface area contributed by atoms with Gasteiger partial charge in [0.25, 0.3) is 0 Å². The van der Waals surface area contributed by atoms with Crippen molar-refractivity contribution < 1.29 is 9.84 Å². The quantitative estimate of drug-likeness (QED) is 0.845. The number of benzene rings is 1. The minimum atomic E-state index is -0.305. The molecule has 1 N–H and O–H groups in total. The first kappa shape index (κ1) is 13.0. The fourth-order valence-corrected chi connectivity index (χ4v) is 2.28. The molecule has 0 aromatic heterocycles. The van der Waals surface area contributed by atoms with Gasteiger partial charge in [0, 0.05) is 0 Å². The molecule has 18 heavy (non-hydrogen) atoms. The van der Waals surface area contributed by atoms with Gasteiger partial charge in [0.1, 0.15) is 17.1 Å². The van der Waals surface area contributed by atoms with Gasteiger partial charge in [0.2, 0.25) is 0 Å². The number of fused-ring (bicyclic) bond motifs is 1. The van der Waals surface area contributed by atoms with Crippen LogP contribution in [0.1, 0.15) is 40.2 Å². The largest absolute Gasteiger partial charge is 0.507 e. The van der Waals surface area contributed by atoms with E-state index < -0.39 is 0 Å². The van der Waals surface area contributed by atoms with Crippen LogP contribution in [-0.4, -0.2) is 10.7 Å². The van der Waals surface area contributed by atoms with Crippen molar-refractivity contribution in [2.75, 3.05) is 0 Å². The first-order valence-electron chi connectivity index (χ1n) is 6.59. The lowest BCUT2D eigenvalue weighted by Crippen LogP contribution is -2.38. The maximum absolute atomic E-state index is 10.1. The highest BCUT2D eigenvalue weighted by Gasteiger charge is 2.35. The smallest absolute Gasteiger partial charge is 0.131 e. The molecule has 2 nitrogen and oxygen atoms in total. The number of allylic oxidation sites excluding steroid dienone is 1. The Labute approximate surface area is 109 Å². The van der Waals surface area contributed by atoms with Gasteiger partial charge in [-0.15, -0.1) is 0 Å². The van der Waals surface area contributed by atoms with E-state index in [9.17, 15) is 5.11 Å². The fourth-order valence-electron chi connectivity index (χ4n) is 2.28. The van der Waals surface area contributed by atoms with E-state index in [-0.39, 0.29) is 5.60 Å². The van der Waals surface area contributed by atoms with Crippen LogP contribution in [0.4, 0.5) is 0 Å². The Morgan fingerprint density at radius 1 is 1.17 bits per heavy atom. The van der Waals surface area contributed by atoms with Crippen LogP contribution in [0.15, 0.2) is 24.3 Å². The molecule has 0 saturated heterocycles. The Hall–Kier alpha value is -1.44. The molecule has 0 spiro atoms. The number of hydrogen-bond donors (Lipinski definition) is 1. The average molecular weight is 246 g/mol. The molecule has 1 aliphatic rings. The van der Waals surface area contributed by atoms with Gasteiger partial charge < -0.3 is 9.84 Å². The Bertz CT molecular complexity index is 486. The van der Waals surface area contributed by atoms with Crippen LogP contribution in [0.25, 0.3) is 5.57 Å². The summed E-state index contributed by atoms with van der Waals surface area (Å²) >= 11 is 0. The third-order valence-corrected chi connectivity index (χ3v) is 3.83. The SMILES string of the molecule is CC(C)C1=CC(C)(C(C)C)Oc2cccc(O)c21. The molecule has 0 fully saturated rings. The second kappa shape index (κ2) is 4.34. The van der Waals surface area contributed by atoms with E-state index in [1.54, 1.807) is 6.07 Å². The summed E-state index contributed by atoms with van der Waals surface area (Å²) < 4.78 is 6.11. The van der Waals surface area contributed by atoms with Gasteiger partial charge in [-0.3, -0.25) is 0 Å². The highest BCUT2D eigenvalue weighted by Crippen LogP contribution is 2.45. The first-order valence-corrected chi connectivity index (χ1v) is 6.59. The van der Waals surface area contributed by atoms with Crippen molar-refractivity contribution in [1.29, 1.82) is 0 Å². The Morgan fingerprint density at radius 3 is 2.39 bits per heavy atom. The summed E-state index contributed by atoms with van der Waals surface area (Å²) in [6.45, 7) is 10.7. The van der Waals surface area contributed by atoms with Crippen LogP contribution in [-0.2, 0) is 0 Å². The number of phenolic OH excluding ortho intramolecular Hbond substituents is 1. The van der Waals surface area contributed by atoms with Gasteiger partial charge >= 0.3 is 0 Å². The predicted octanol–water partition coefficient (Wildman–Crippen LogP) is 4.24. The van der Waals surface area contributed by atoms with Crippen molar-refractivity contribution in [3.63, 3.8) is 0 Å². The van der Waals surface area contributed by atoms with Crippen LogP contribution in [0.2, 0.25) is 0 Å². The standard InChI is InChI=1S/C16H22O2/c1-10(2)12-9-16(5,11(3)4)18-14-8-6-7-13(17)15(12)14/h6-11,17H,1-5H3. The third kappa shape index (κ3) is 2.00. The van der Waals surface area contributed by atoms with Crippen molar-refractivity contribution >= 4 is 5.57 Å². The summed E-state index contributed by atoms with van der Waals surface area (Å²) in [4.78, 5) is 0. The van der Waals surface area contributed by atoms with Gasteiger partial charge in [-0.05, 0) is 42.5 Å². The maximum Gasteiger partial charge on any atom is 0.131 e. The van der Waals surface area contributed by atoms with E-state index in [4.69, 9.17) is 4.74 Å². The highest BCUT2D eigenvalue weighted by molar-refractivity contribution is 5.78. The topological polar surface area (TPSA) is 29.5 Å². The highest BCUT2D eigenvalue weighted by atomic mass is 16.5. The summed E-state index contributed by atoms with van der Waals surface area (Å²) in [5.74, 6) is 1.83. The number of rotatable bonds is 2. The van der Waals surface area contributed by atoms with Crippen LogP contribution in [0, 0.1) is 11.8 Å². The summed E-state index contributed by atoms with van der Waals surface area (Å²) in [5, 5.41) is 10.1. The molecule has 0 bridgehead atoms. The average Bonchev–Trinajstić information content (AvgIpc) is 2.27. The predicted molar refractivity (Wildman–Crippen MR) is 74.8 cm³/mol. The molecule has 1 atom stereocenters. The molecule has 2 heteroatoms. The molecule has 1 unspecified atom stereocenters. The number of hydrogen-bond acceptors (Lipinski definition) is 2. The first-order chi connectivity index (χ1) is 8.35. The van der Waals surface area contributed by atoms with Crippen LogP contribution < -0.4 is 4.74 Å². The van der Waals surface area contributed by atoms with E-state index >= 15 is 0 Å². The molecule has 0 amide bonds. The molecular weight excluding hydrogens is 224 g/mol. The fraction of sp³-hybridized carbons (Fsp3) is 0.500. The van der Waals surface area contributed by atoms with Crippen molar-refractivity contribution in [1.82, 2.24) is 0 Å². The Kier molecular flexibility index (Phi) is 3.14. The monoisotopic (exact) mass is 246 g/mol. The molecule has 1 aromatic rings. The lowest BCUT2D eigenvalue weighted by molar-refractivity contribution is 0.0857. The molecule has 98 valence electrons. The zero-order chi connectivity index (χ0) is 13.5. The van der Waals surface area contributed by atoms with Crippen LogP contribution >= 0.6 is 0 Å². The van der Waals surface area contributed by atoms with Crippen molar-refractivity contribution in [2.45, 2.75) is 40.2 Å². The van der Waals surface area contributed by atoms with Gasteiger partial charge in [-0.25, -0.2) is 0 Å². The molecular formula is C16H22O2. The molecule has 0 aliphatic carbocycles. The van der Waals surface area contributed by atoms with Gasteiger partial charge in [0.05, 0.1) is 5.56 Å². The summed E-state index contributed by atoms with van der Waals surface area (Å²) in [6, 6.07) is 5.49. The van der Waals surface area contributed by atoms with Gasteiger partial charge in [0.15, 0.2) is 0 Å². The molecule has 0 saturated carbocycles. The second-order valence-electron chi connectivity index (χ2n) is 5.85. The molecule has 1 heterocycles. The van der Waals surface area contributed by atoms with E-state index in [0.717, 1.165) is 11.3 Å². The van der Waals surface area contributed by atoms with Gasteiger partial charge in [-0.1, -0.05) is 33.8 Å². The second-order valence-corrected chi connectivity index (χ2v) is 5.85. The normalized spacial score (nSPS) is 22.7. The number of phenols is 1. The Morgan fingerprint density at radius 2 is 1.83 bits per heavy atom. The van der Waals surface area contributed by atoms with Crippen LogP contribution in [0.5, 0.6) is 11.5 Å². The molecule has 0 radical (unpaired) electrons. The lowest BCUT2D eigenvalue weighted by Gasteiger charge is -2.38. The summed E-state index contributed by atoms with van der Waals surface area (Å²) in [7, 11) is 0. The molecule has 2 rings (SSSR count). The van der Waals surface area contributed by atoms with E-state index in [1.807, 2.05) is 12.1 Å². The van der Waals surface area contributed by atoms with Crippen molar-refractivity contribution in [2.24, 2.45) is 11.8 Å². The number of ether oxygens (including phenoxy) is 1. The van der Waals surface area contributed by atoms with Crippen molar-refractivity contribution in [3.05, 3.63) is 29.8 Å². The van der Waals surface area contributed by atoms with Crippen LogP contribution in [0.3, 0.4) is 0 Å². The molecule has 1 aliphatic heterocycles. The van der Waals surface area contributed by atoms with E-state index in [2.05, 4.69) is 40.7 Å². The van der Waals surface area contributed by atoms with E-state index in [1.165, 1.54) is 5.57 Å². The molecule has 1 aromatic carbocycles. The minimum Gasteiger partial charge on any atom is -0.507 e. The Balaban J connectivity index is 2.62. The van der Waals surface area contributed by atoms with Crippen molar-refractivity contribution in [3.8, 4) is 11.5 Å². The van der Waals surface area contributed by atoms with Gasteiger partial charge in [-0.2, -0.15) is 0 Å². The minimum absolute atomic E-state index is 0.304. The van der Waals surface area contributed by atoms with E-state index in [0.29, 0.717) is 17.6 Å². The lowest BCUT2D eigenvalue weighted by atomic mass is 9.82.